The van der Waals surface area contributed by atoms with Crippen molar-refractivity contribution in [3.8, 4) is 5.75 Å². The van der Waals surface area contributed by atoms with E-state index in [1.165, 1.54) is 0 Å². The van der Waals surface area contributed by atoms with E-state index in [0.29, 0.717) is 28.2 Å². The lowest BCUT2D eigenvalue weighted by molar-refractivity contribution is -0.118. The van der Waals surface area contributed by atoms with Gasteiger partial charge in [0.15, 0.2) is 6.61 Å². The van der Waals surface area contributed by atoms with Crippen LogP contribution in [0.25, 0.3) is 10.9 Å². The Bertz CT molecular complexity index is 963. The van der Waals surface area contributed by atoms with Crippen molar-refractivity contribution in [3.63, 3.8) is 0 Å². The molecule has 1 aliphatic rings. The average molecular weight is 319 g/mol. The maximum absolute atomic E-state index is 12.6. The first kappa shape index (κ1) is 14.2. The number of benzene rings is 2. The minimum absolute atomic E-state index is 0.000377. The number of nitrogens with zero attached hydrogens (tertiary/aromatic N) is 1. The molecule has 0 saturated carbocycles. The van der Waals surface area contributed by atoms with Gasteiger partial charge >= 0.3 is 0 Å². The molecular weight excluding hydrogens is 306 g/mol. The molecule has 4 rings (SSSR count). The smallest absolute Gasteiger partial charge is 0.262 e. The van der Waals surface area contributed by atoms with Gasteiger partial charge in [0, 0.05) is 17.3 Å². The van der Waals surface area contributed by atoms with Crippen molar-refractivity contribution in [2.75, 3.05) is 17.2 Å². The largest absolute Gasteiger partial charge is 0.482 e. The van der Waals surface area contributed by atoms with Crippen LogP contribution in [0.15, 0.2) is 54.7 Å². The molecule has 2 amide bonds. The van der Waals surface area contributed by atoms with Crippen molar-refractivity contribution < 1.29 is 14.3 Å². The van der Waals surface area contributed by atoms with Crippen LogP contribution in [0.1, 0.15) is 10.4 Å². The fourth-order valence-corrected chi connectivity index (χ4v) is 2.65. The number of nitrogens with one attached hydrogen (secondary N) is 2. The Kier molecular flexibility index (Phi) is 3.35. The summed E-state index contributed by atoms with van der Waals surface area (Å²) in [6, 6.07) is 14.3. The number of fused-ring (bicyclic) bond motifs is 2. The fourth-order valence-electron chi connectivity index (χ4n) is 2.65. The molecule has 24 heavy (non-hydrogen) atoms. The van der Waals surface area contributed by atoms with Crippen molar-refractivity contribution in [2.24, 2.45) is 0 Å². The maximum Gasteiger partial charge on any atom is 0.262 e. The summed E-state index contributed by atoms with van der Waals surface area (Å²) in [5.41, 5.74) is 2.25. The van der Waals surface area contributed by atoms with Crippen molar-refractivity contribution >= 4 is 34.1 Å². The van der Waals surface area contributed by atoms with Crippen LogP contribution in [0.2, 0.25) is 0 Å². The third-order valence-electron chi connectivity index (χ3n) is 3.75. The van der Waals surface area contributed by atoms with E-state index in [0.717, 1.165) is 5.39 Å². The Morgan fingerprint density at radius 2 is 2.04 bits per heavy atom. The summed E-state index contributed by atoms with van der Waals surface area (Å²) in [5, 5.41) is 6.44. The number of para-hydroxylation sites is 1. The fraction of sp³-hybridized carbons (Fsp3) is 0.0556. The van der Waals surface area contributed by atoms with Crippen LogP contribution in [0.4, 0.5) is 11.4 Å². The van der Waals surface area contributed by atoms with Gasteiger partial charge in [-0.1, -0.05) is 18.2 Å². The third kappa shape index (κ3) is 2.54. The molecule has 0 bridgehead atoms. The molecule has 0 saturated heterocycles. The molecule has 0 spiro atoms. The second-order valence-electron chi connectivity index (χ2n) is 5.38. The van der Waals surface area contributed by atoms with Gasteiger partial charge in [-0.2, -0.15) is 0 Å². The van der Waals surface area contributed by atoms with E-state index in [1.807, 2.05) is 24.3 Å². The molecule has 2 aromatic carbocycles. The highest BCUT2D eigenvalue weighted by molar-refractivity contribution is 6.12. The number of rotatable bonds is 2. The summed E-state index contributed by atoms with van der Waals surface area (Å²) < 4.78 is 5.30. The van der Waals surface area contributed by atoms with Crippen molar-refractivity contribution in [2.45, 2.75) is 0 Å². The molecule has 2 N–H and O–H groups in total. The summed E-state index contributed by atoms with van der Waals surface area (Å²) in [6.07, 6.45) is 1.66. The van der Waals surface area contributed by atoms with Gasteiger partial charge in [-0.3, -0.25) is 14.6 Å². The highest BCUT2D eigenvalue weighted by Crippen LogP contribution is 2.30. The number of hydrogen-bond acceptors (Lipinski definition) is 4. The Labute approximate surface area is 137 Å². The molecule has 1 aromatic heterocycles. The molecule has 6 heteroatoms. The van der Waals surface area contributed by atoms with Crippen LogP contribution in [-0.4, -0.2) is 23.4 Å². The number of carbonyl (C=O) groups is 2. The molecule has 3 aromatic rings. The molecule has 118 valence electrons. The van der Waals surface area contributed by atoms with E-state index in [4.69, 9.17) is 4.74 Å². The van der Waals surface area contributed by atoms with Crippen LogP contribution in [0.5, 0.6) is 5.75 Å². The molecule has 0 unspecified atom stereocenters. The van der Waals surface area contributed by atoms with Crippen LogP contribution < -0.4 is 15.4 Å². The number of amides is 2. The summed E-state index contributed by atoms with van der Waals surface area (Å²) in [5.74, 6) is 0.103. The lowest BCUT2D eigenvalue weighted by atomic mass is 10.1. The van der Waals surface area contributed by atoms with Crippen LogP contribution in [-0.2, 0) is 4.79 Å². The van der Waals surface area contributed by atoms with Gasteiger partial charge in [0.2, 0.25) is 0 Å². The number of ether oxygens (including phenoxy) is 1. The lowest BCUT2D eigenvalue weighted by Gasteiger charge is -2.18. The Morgan fingerprint density at radius 3 is 2.96 bits per heavy atom. The monoisotopic (exact) mass is 319 g/mol. The van der Waals surface area contributed by atoms with E-state index >= 15 is 0 Å². The molecule has 0 fully saturated rings. The highest BCUT2D eigenvalue weighted by atomic mass is 16.5. The minimum atomic E-state index is -0.262. The summed E-state index contributed by atoms with van der Waals surface area (Å²) in [7, 11) is 0. The van der Waals surface area contributed by atoms with E-state index in [2.05, 4.69) is 15.6 Å². The summed E-state index contributed by atoms with van der Waals surface area (Å²) >= 11 is 0. The number of hydrogen-bond donors (Lipinski definition) is 2. The second-order valence-corrected chi connectivity index (χ2v) is 5.38. The first-order valence-electron chi connectivity index (χ1n) is 7.42. The van der Waals surface area contributed by atoms with E-state index in [-0.39, 0.29) is 18.4 Å². The normalized spacial score (nSPS) is 12.9. The van der Waals surface area contributed by atoms with Crippen LogP contribution >= 0.6 is 0 Å². The Morgan fingerprint density at radius 1 is 1.17 bits per heavy atom. The zero-order valence-corrected chi connectivity index (χ0v) is 12.6. The number of anilines is 2. The molecule has 1 aliphatic heterocycles. The number of pyridine rings is 1. The zero-order valence-electron chi connectivity index (χ0n) is 12.6. The average Bonchev–Trinajstić information content (AvgIpc) is 2.61. The SMILES string of the molecule is O=C1COc2ccc(NC(=O)c3cccc4cccnc34)cc2N1. The summed E-state index contributed by atoms with van der Waals surface area (Å²) in [6.45, 7) is 0.000377. The lowest BCUT2D eigenvalue weighted by Crippen LogP contribution is -2.25. The Balaban J connectivity index is 1.64. The first-order valence-corrected chi connectivity index (χ1v) is 7.42. The third-order valence-corrected chi connectivity index (χ3v) is 3.75. The molecule has 2 heterocycles. The van der Waals surface area contributed by atoms with Gasteiger partial charge in [-0.05, 0) is 30.3 Å². The quantitative estimate of drug-likeness (QED) is 0.761. The van der Waals surface area contributed by atoms with Crippen LogP contribution in [0.3, 0.4) is 0 Å². The molecule has 6 nitrogen and oxygen atoms in total. The standard InChI is InChI=1S/C18H13N3O3/c22-16-10-24-15-7-6-12(9-14(15)21-16)20-18(23)13-5-1-3-11-4-2-8-19-17(11)13/h1-9H,10H2,(H,20,23)(H,21,22). The predicted molar refractivity (Wildman–Crippen MR) is 90.3 cm³/mol. The highest BCUT2D eigenvalue weighted by Gasteiger charge is 2.17. The van der Waals surface area contributed by atoms with Crippen molar-refractivity contribution in [1.29, 1.82) is 0 Å². The first-order chi connectivity index (χ1) is 11.7. The zero-order chi connectivity index (χ0) is 16.5. The molecule has 0 aliphatic carbocycles. The van der Waals surface area contributed by atoms with Crippen molar-refractivity contribution in [3.05, 3.63) is 60.3 Å². The predicted octanol–water partition coefficient (Wildman–Crippen LogP) is 2.82. The second kappa shape index (κ2) is 5.66. The molecule has 0 radical (unpaired) electrons. The topological polar surface area (TPSA) is 80.3 Å². The van der Waals surface area contributed by atoms with Gasteiger partial charge in [0.25, 0.3) is 11.8 Å². The molecular formula is C18H13N3O3. The minimum Gasteiger partial charge on any atom is -0.482 e. The van der Waals surface area contributed by atoms with Crippen molar-refractivity contribution in [1.82, 2.24) is 4.98 Å². The van der Waals surface area contributed by atoms with E-state index in [9.17, 15) is 9.59 Å². The van der Waals surface area contributed by atoms with Gasteiger partial charge in [0.05, 0.1) is 16.8 Å². The van der Waals surface area contributed by atoms with Gasteiger partial charge in [-0.15, -0.1) is 0 Å². The van der Waals surface area contributed by atoms with E-state index in [1.54, 1.807) is 30.5 Å². The van der Waals surface area contributed by atoms with Crippen LogP contribution in [0, 0.1) is 0 Å². The van der Waals surface area contributed by atoms with Gasteiger partial charge < -0.3 is 15.4 Å². The number of carbonyl (C=O) groups excluding carboxylic acids is 2. The maximum atomic E-state index is 12.6. The Hall–Kier alpha value is -3.41. The molecule has 0 atom stereocenters. The summed E-state index contributed by atoms with van der Waals surface area (Å²) in [4.78, 5) is 28.3. The van der Waals surface area contributed by atoms with E-state index < -0.39 is 0 Å². The van der Waals surface area contributed by atoms with Gasteiger partial charge in [0.1, 0.15) is 5.75 Å². The number of aromatic nitrogens is 1. The van der Waals surface area contributed by atoms with Gasteiger partial charge in [-0.25, -0.2) is 0 Å².